The summed E-state index contributed by atoms with van der Waals surface area (Å²) in [5, 5.41) is 3.37. The van der Waals surface area contributed by atoms with E-state index in [4.69, 9.17) is 10.5 Å². The summed E-state index contributed by atoms with van der Waals surface area (Å²) in [5.74, 6) is 0.730. The second-order valence-corrected chi connectivity index (χ2v) is 4.92. The van der Waals surface area contributed by atoms with Gasteiger partial charge < -0.3 is 15.8 Å². The van der Waals surface area contributed by atoms with E-state index >= 15 is 0 Å². The molecule has 0 amide bonds. The van der Waals surface area contributed by atoms with Crippen molar-refractivity contribution in [2.45, 2.75) is 57.9 Å². The van der Waals surface area contributed by atoms with Gasteiger partial charge in [-0.15, -0.1) is 0 Å². The lowest BCUT2D eigenvalue weighted by Crippen LogP contribution is -2.22. The molecule has 0 atom stereocenters. The van der Waals surface area contributed by atoms with Crippen LogP contribution in [0.3, 0.4) is 0 Å². The quantitative estimate of drug-likeness (QED) is 0.869. The van der Waals surface area contributed by atoms with Crippen molar-refractivity contribution in [1.29, 1.82) is 0 Å². The second kappa shape index (κ2) is 7.11. The highest BCUT2D eigenvalue weighted by molar-refractivity contribution is 5.33. The first kappa shape index (κ1) is 13.8. The van der Waals surface area contributed by atoms with E-state index in [1.807, 2.05) is 6.92 Å². The molecule has 1 saturated carbocycles. The van der Waals surface area contributed by atoms with E-state index in [2.05, 4.69) is 20.3 Å². The molecule has 0 aliphatic heterocycles. The zero-order valence-electron chi connectivity index (χ0n) is 11.6. The zero-order valence-corrected chi connectivity index (χ0v) is 11.6. The largest absolute Gasteiger partial charge is 0.464 e. The van der Waals surface area contributed by atoms with Crippen LogP contribution in [0.2, 0.25) is 0 Å². The highest BCUT2D eigenvalue weighted by Crippen LogP contribution is 2.20. The number of nitrogens with two attached hydrogens (primary N) is 1. The maximum absolute atomic E-state index is 5.67. The summed E-state index contributed by atoms with van der Waals surface area (Å²) in [7, 11) is 0. The fraction of sp³-hybridized carbons (Fsp3) is 0.769. The molecule has 1 heterocycles. The molecule has 1 aromatic rings. The SMILES string of the molecule is CCOc1nc(N)nc(NC2CCCCCCC2)n1. The smallest absolute Gasteiger partial charge is 0.323 e. The van der Waals surface area contributed by atoms with Crippen molar-refractivity contribution in [1.82, 2.24) is 15.0 Å². The molecule has 19 heavy (non-hydrogen) atoms. The molecule has 1 aliphatic rings. The van der Waals surface area contributed by atoms with Crippen LogP contribution in [0.15, 0.2) is 0 Å². The van der Waals surface area contributed by atoms with Crippen LogP contribution in [0.25, 0.3) is 0 Å². The molecule has 0 saturated heterocycles. The van der Waals surface area contributed by atoms with Crippen LogP contribution < -0.4 is 15.8 Å². The van der Waals surface area contributed by atoms with Crippen molar-refractivity contribution in [3.05, 3.63) is 0 Å². The summed E-state index contributed by atoms with van der Waals surface area (Å²) in [5.41, 5.74) is 5.67. The Labute approximate surface area is 114 Å². The van der Waals surface area contributed by atoms with E-state index in [-0.39, 0.29) is 5.95 Å². The highest BCUT2D eigenvalue weighted by Gasteiger charge is 2.13. The van der Waals surface area contributed by atoms with E-state index in [9.17, 15) is 0 Å². The van der Waals surface area contributed by atoms with Crippen LogP contribution in [0.5, 0.6) is 6.01 Å². The van der Waals surface area contributed by atoms with Gasteiger partial charge in [-0.1, -0.05) is 32.1 Å². The Balaban J connectivity index is 1.99. The maximum Gasteiger partial charge on any atom is 0.323 e. The molecule has 0 bridgehead atoms. The number of nitrogen functional groups attached to an aromatic ring is 1. The number of hydrogen-bond acceptors (Lipinski definition) is 6. The van der Waals surface area contributed by atoms with Crippen LogP contribution in [-0.4, -0.2) is 27.6 Å². The number of ether oxygens (including phenoxy) is 1. The fourth-order valence-corrected chi connectivity index (χ4v) is 2.41. The topological polar surface area (TPSA) is 86.0 Å². The minimum absolute atomic E-state index is 0.201. The van der Waals surface area contributed by atoms with E-state index < -0.39 is 0 Å². The van der Waals surface area contributed by atoms with Gasteiger partial charge >= 0.3 is 6.01 Å². The molecular weight excluding hydrogens is 242 g/mol. The molecule has 6 heteroatoms. The Hall–Kier alpha value is -1.59. The number of nitrogens with one attached hydrogen (secondary N) is 1. The van der Waals surface area contributed by atoms with Crippen LogP contribution in [0.4, 0.5) is 11.9 Å². The van der Waals surface area contributed by atoms with Gasteiger partial charge in [0, 0.05) is 6.04 Å². The highest BCUT2D eigenvalue weighted by atomic mass is 16.5. The number of nitrogens with zero attached hydrogens (tertiary/aromatic N) is 3. The van der Waals surface area contributed by atoms with Crippen molar-refractivity contribution in [2.75, 3.05) is 17.7 Å². The van der Waals surface area contributed by atoms with E-state index in [0.717, 1.165) is 12.8 Å². The Morgan fingerprint density at radius 3 is 2.47 bits per heavy atom. The second-order valence-electron chi connectivity index (χ2n) is 4.92. The molecule has 0 spiro atoms. The van der Waals surface area contributed by atoms with E-state index in [0.29, 0.717) is 24.6 Å². The van der Waals surface area contributed by atoms with Gasteiger partial charge in [0.1, 0.15) is 0 Å². The summed E-state index contributed by atoms with van der Waals surface area (Å²) in [6.45, 7) is 2.41. The van der Waals surface area contributed by atoms with Crippen LogP contribution >= 0.6 is 0 Å². The van der Waals surface area contributed by atoms with E-state index in [1.165, 1.54) is 32.1 Å². The third kappa shape index (κ3) is 4.54. The van der Waals surface area contributed by atoms with Crippen molar-refractivity contribution >= 4 is 11.9 Å². The molecule has 0 aromatic carbocycles. The predicted molar refractivity (Wildman–Crippen MR) is 75.1 cm³/mol. The van der Waals surface area contributed by atoms with Gasteiger partial charge in [-0.3, -0.25) is 0 Å². The Morgan fingerprint density at radius 2 is 1.79 bits per heavy atom. The lowest BCUT2D eigenvalue weighted by atomic mass is 9.97. The zero-order chi connectivity index (χ0) is 13.5. The Morgan fingerprint density at radius 1 is 1.11 bits per heavy atom. The fourth-order valence-electron chi connectivity index (χ4n) is 2.41. The average Bonchev–Trinajstić information content (AvgIpc) is 2.32. The lowest BCUT2D eigenvalue weighted by Gasteiger charge is -2.21. The number of anilines is 2. The summed E-state index contributed by atoms with van der Waals surface area (Å²) in [6.07, 6.45) is 8.85. The van der Waals surface area contributed by atoms with Crippen molar-refractivity contribution in [3.8, 4) is 6.01 Å². The summed E-state index contributed by atoms with van der Waals surface area (Å²) < 4.78 is 5.28. The van der Waals surface area contributed by atoms with Gasteiger partial charge in [-0.2, -0.15) is 15.0 Å². The van der Waals surface area contributed by atoms with Crippen LogP contribution in [0.1, 0.15) is 51.9 Å². The normalized spacial score (nSPS) is 17.5. The molecule has 3 N–H and O–H groups in total. The summed E-state index contributed by atoms with van der Waals surface area (Å²) in [6, 6.07) is 0.722. The number of hydrogen-bond donors (Lipinski definition) is 2. The van der Waals surface area contributed by atoms with Crippen LogP contribution in [0, 0.1) is 0 Å². The first-order chi connectivity index (χ1) is 9.28. The number of rotatable bonds is 4. The predicted octanol–water partition coefficient (Wildman–Crippen LogP) is 2.38. The Kier molecular flexibility index (Phi) is 5.18. The minimum atomic E-state index is 0.201. The van der Waals surface area contributed by atoms with Crippen LogP contribution in [-0.2, 0) is 0 Å². The molecule has 2 rings (SSSR count). The molecular formula is C13H23N5O. The summed E-state index contributed by atoms with van der Waals surface area (Å²) >= 11 is 0. The van der Waals surface area contributed by atoms with Crippen molar-refractivity contribution < 1.29 is 4.74 Å². The van der Waals surface area contributed by atoms with Gasteiger partial charge in [0.25, 0.3) is 0 Å². The van der Waals surface area contributed by atoms with Gasteiger partial charge in [-0.25, -0.2) is 0 Å². The minimum Gasteiger partial charge on any atom is -0.464 e. The molecule has 6 nitrogen and oxygen atoms in total. The third-order valence-corrected chi connectivity index (χ3v) is 3.34. The maximum atomic E-state index is 5.67. The van der Waals surface area contributed by atoms with Crippen molar-refractivity contribution in [3.63, 3.8) is 0 Å². The lowest BCUT2D eigenvalue weighted by molar-refractivity contribution is 0.312. The molecule has 1 fully saturated rings. The van der Waals surface area contributed by atoms with E-state index in [1.54, 1.807) is 0 Å². The molecule has 0 radical (unpaired) electrons. The molecule has 106 valence electrons. The molecule has 0 unspecified atom stereocenters. The van der Waals surface area contributed by atoms with Crippen molar-refractivity contribution in [2.24, 2.45) is 0 Å². The van der Waals surface area contributed by atoms with Gasteiger partial charge in [0.05, 0.1) is 6.61 Å². The molecule has 1 aliphatic carbocycles. The first-order valence-electron chi connectivity index (χ1n) is 7.19. The number of aromatic nitrogens is 3. The summed E-state index contributed by atoms with van der Waals surface area (Å²) in [4.78, 5) is 12.3. The monoisotopic (exact) mass is 265 g/mol. The van der Waals surface area contributed by atoms with Gasteiger partial charge in [-0.05, 0) is 19.8 Å². The third-order valence-electron chi connectivity index (χ3n) is 3.34. The Bertz CT molecular complexity index is 391. The first-order valence-corrected chi connectivity index (χ1v) is 7.19. The van der Waals surface area contributed by atoms with Gasteiger partial charge in [0.15, 0.2) is 0 Å². The molecule has 1 aromatic heterocycles. The average molecular weight is 265 g/mol. The standard InChI is InChI=1S/C13H23N5O/c1-2-19-13-17-11(14)16-12(18-13)15-10-8-6-4-3-5-7-9-10/h10H,2-9H2,1H3,(H3,14,15,16,17,18). The van der Waals surface area contributed by atoms with Gasteiger partial charge in [0.2, 0.25) is 11.9 Å².